The fraction of sp³-hybridized carbons (Fsp3) is 0.125. The minimum absolute atomic E-state index is 0.00429. The molecule has 0 bridgehead atoms. The maximum absolute atomic E-state index is 12.3. The molecule has 4 aromatic carbocycles. The van der Waals surface area contributed by atoms with E-state index < -0.39 is 11.5 Å². The molecule has 1 unspecified atom stereocenters. The van der Waals surface area contributed by atoms with Gasteiger partial charge >= 0.3 is 0 Å². The zero-order chi connectivity index (χ0) is 31.7. The number of Topliss-reactive ketones (excluding diaryl/α,β-unsaturated/α-hetero) is 1. The van der Waals surface area contributed by atoms with Gasteiger partial charge in [-0.15, -0.1) is 0 Å². The molecule has 1 aromatic heterocycles. The summed E-state index contributed by atoms with van der Waals surface area (Å²) in [6.45, 7) is 0. The molecule has 1 aliphatic rings. The average Bonchev–Trinajstić information content (AvgIpc) is 2.97. The van der Waals surface area contributed by atoms with Crippen LogP contribution >= 0.6 is 0 Å². The molecule has 44 heavy (non-hydrogen) atoms. The van der Waals surface area contributed by atoms with Gasteiger partial charge in [0.1, 0.15) is 45.8 Å². The molecule has 0 saturated carbocycles. The van der Waals surface area contributed by atoms with Gasteiger partial charge in [-0.2, -0.15) is 0 Å². The summed E-state index contributed by atoms with van der Waals surface area (Å²) >= 11 is 0. The Morgan fingerprint density at radius 1 is 0.705 bits per heavy atom. The molecule has 0 spiro atoms. The van der Waals surface area contributed by atoms with Crippen LogP contribution in [0.4, 0.5) is 0 Å². The van der Waals surface area contributed by atoms with Crippen molar-refractivity contribution in [1.82, 2.24) is 0 Å². The van der Waals surface area contributed by atoms with Crippen molar-refractivity contribution in [3.05, 3.63) is 88.1 Å². The summed E-state index contributed by atoms with van der Waals surface area (Å²) in [7, 11) is 2.66. The molecule has 5 aromatic rings. The molecular formula is C32H26O12. The molecule has 2 heterocycles. The lowest BCUT2D eigenvalue weighted by molar-refractivity contribution is 0.0836. The molecule has 0 fully saturated rings. The molecule has 0 amide bonds. The third-order valence-corrected chi connectivity index (χ3v) is 6.85. The van der Waals surface area contributed by atoms with E-state index in [2.05, 4.69) is 0 Å². The van der Waals surface area contributed by atoms with E-state index in [1.54, 1.807) is 24.3 Å². The van der Waals surface area contributed by atoms with E-state index in [9.17, 15) is 40.2 Å². The summed E-state index contributed by atoms with van der Waals surface area (Å²) in [6.07, 6.45) is -0.546. The van der Waals surface area contributed by atoms with Gasteiger partial charge in [-0.1, -0.05) is 12.1 Å². The van der Waals surface area contributed by atoms with Gasteiger partial charge in [0.05, 0.1) is 20.6 Å². The Labute approximate surface area is 248 Å². The Morgan fingerprint density at radius 3 is 1.89 bits per heavy atom. The number of ether oxygens (including phenoxy) is 3. The minimum Gasteiger partial charge on any atom is -0.508 e. The Balaban J connectivity index is 0.000000175. The van der Waals surface area contributed by atoms with Gasteiger partial charge in [0.2, 0.25) is 11.5 Å². The second kappa shape index (κ2) is 11.7. The van der Waals surface area contributed by atoms with Gasteiger partial charge in [0.25, 0.3) is 0 Å². The van der Waals surface area contributed by atoms with Crippen molar-refractivity contribution < 1.29 is 54.1 Å². The fourth-order valence-electron chi connectivity index (χ4n) is 4.77. The summed E-state index contributed by atoms with van der Waals surface area (Å²) in [5.74, 6) is -1.28. The van der Waals surface area contributed by atoms with Crippen LogP contribution < -0.4 is 19.6 Å². The summed E-state index contributed by atoms with van der Waals surface area (Å²) in [6, 6.07) is 15.7. The first kappa shape index (κ1) is 29.5. The number of methoxy groups -OCH3 is 2. The average molecular weight is 603 g/mol. The number of phenols is 6. The smallest absolute Gasteiger partial charge is 0.204 e. The number of aromatic hydroxyl groups is 6. The van der Waals surface area contributed by atoms with Gasteiger partial charge in [0, 0.05) is 23.8 Å². The summed E-state index contributed by atoms with van der Waals surface area (Å²) in [5.41, 5.74) is 0.740. The third kappa shape index (κ3) is 5.43. The molecule has 0 saturated heterocycles. The van der Waals surface area contributed by atoms with Crippen molar-refractivity contribution in [3.8, 4) is 63.1 Å². The van der Waals surface area contributed by atoms with Gasteiger partial charge in [-0.25, -0.2) is 0 Å². The number of benzene rings is 4. The quantitative estimate of drug-likeness (QED) is 0.159. The van der Waals surface area contributed by atoms with E-state index in [1.807, 2.05) is 0 Å². The van der Waals surface area contributed by atoms with Crippen molar-refractivity contribution in [2.75, 3.05) is 14.2 Å². The van der Waals surface area contributed by atoms with Crippen molar-refractivity contribution in [2.45, 2.75) is 12.5 Å². The van der Waals surface area contributed by atoms with Gasteiger partial charge < -0.3 is 49.3 Å². The number of rotatable bonds is 4. The molecular weight excluding hydrogens is 576 g/mol. The van der Waals surface area contributed by atoms with Crippen LogP contribution in [0.1, 0.15) is 28.4 Å². The summed E-state index contributed by atoms with van der Waals surface area (Å²) < 4.78 is 21.5. The number of fused-ring (bicyclic) bond motifs is 2. The lowest BCUT2D eigenvalue weighted by Gasteiger charge is -2.27. The molecule has 1 atom stereocenters. The lowest BCUT2D eigenvalue weighted by Crippen LogP contribution is -2.21. The van der Waals surface area contributed by atoms with Crippen LogP contribution in [0.2, 0.25) is 0 Å². The third-order valence-electron chi connectivity index (χ3n) is 6.85. The first-order valence-corrected chi connectivity index (χ1v) is 13.0. The van der Waals surface area contributed by atoms with E-state index in [4.69, 9.17) is 18.6 Å². The van der Waals surface area contributed by atoms with Crippen LogP contribution in [-0.4, -0.2) is 50.6 Å². The number of phenolic OH excluding ortho intramolecular Hbond substituents is 6. The van der Waals surface area contributed by atoms with Gasteiger partial charge in [-0.05, 0) is 42.0 Å². The highest BCUT2D eigenvalue weighted by Crippen LogP contribution is 2.49. The molecule has 0 radical (unpaired) electrons. The largest absolute Gasteiger partial charge is 0.508 e. The second-order valence-electron chi connectivity index (χ2n) is 9.65. The Bertz CT molecular complexity index is 1930. The highest BCUT2D eigenvalue weighted by molar-refractivity contribution is 6.03. The molecule has 6 rings (SSSR count). The van der Waals surface area contributed by atoms with E-state index in [-0.39, 0.29) is 86.2 Å². The first-order chi connectivity index (χ1) is 21.0. The maximum atomic E-state index is 12.3. The Kier molecular flexibility index (Phi) is 7.82. The normalized spacial score (nSPS) is 13.8. The number of hydrogen-bond acceptors (Lipinski definition) is 12. The fourth-order valence-corrected chi connectivity index (χ4v) is 4.77. The topological polar surface area (TPSA) is 196 Å². The van der Waals surface area contributed by atoms with Crippen LogP contribution in [0, 0.1) is 0 Å². The van der Waals surface area contributed by atoms with Crippen LogP contribution in [0.15, 0.2) is 75.9 Å². The van der Waals surface area contributed by atoms with Crippen molar-refractivity contribution >= 4 is 16.8 Å². The zero-order valence-corrected chi connectivity index (χ0v) is 23.3. The standard InChI is InChI=1S/C16H14O6.C16H12O6/c2*1-21-15-12(20)6-10(18)14-11(19)7-13(22-16(14)15)8-2-4-9(17)5-3-8/h2-6,13,17-18,20H,7H2,1H3;2-7,17-18,20H,1H3. The van der Waals surface area contributed by atoms with Crippen LogP contribution in [0.3, 0.4) is 0 Å². The molecule has 0 aliphatic carbocycles. The van der Waals surface area contributed by atoms with Gasteiger partial charge in [-0.3, -0.25) is 9.59 Å². The first-order valence-electron chi connectivity index (χ1n) is 13.0. The van der Waals surface area contributed by atoms with E-state index in [1.165, 1.54) is 44.6 Å². The monoisotopic (exact) mass is 602 g/mol. The lowest BCUT2D eigenvalue weighted by atomic mass is 9.95. The number of ketones is 1. The summed E-state index contributed by atoms with van der Waals surface area (Å²) in [4.78, 5) is 24.5. The highest BCUT2D eigenvalue weighted by atomic mass is 16.5. The summed E-state index contributed by atoms with van der Waals surface area (Å²) in [5, 5.41) is 57.9. The highest BCUT2D eigenvalue weighted by Gasteiger charge is 2.34. The second-order valence-corrected chi connectivity index (χ2v) is 9.65. The van der Waals surface area contributed by atoms with Crippen LogP contribution in [0.25, 0.3) is 22.3 Å². The molecule has 12 heteroatoms. The SMILES string of the molecule is COc1c(O)cc(O)c2c(=O)cc(-c3ccc(O)cc3)oc12.COc1c(O)cc(O)c2c1OC(c1ccc(O)cc1)CC2=O. The van der Waals surface area contributed by atoms with Crippen LogP contribution in [-0.2, 0) is 0 Å². The van der Waals surface area contributed by atoms with Crippen molar-refractivity contribution in [2.24, 2.45) is 0 Å². The van der Waals surface area contributed by atoms with E-state index in [0.29, 0.717) is 11.1 Å². The number of carbonyl (C=O) groups excluding carboxylic acids is 1. The number of hydrogen-bond donors (Lipinski definition) is 6. The molecule has 1 aliphatic heterocycles. The Morgan fingerprint density at radius 2 is 1.27 bits per heavy atom. The van der Waals surface area contributed by atoms with Gasteiger partial charge in [0.15, 0.2) is 34.0 Å². The van der Waals surface area contributed by atoms with Crippen LogP contribution in [0.5, 0.6) is 51.7 Å². The minimum atomic E-state index is -0.587. The van der Waals surface area contributed by atoms with Crippen molar-refractivity contribution in [3.63, 3.8) is 0 Å². The van der Waals surface area contributed by atoms with E-state index >= 15 is 0 Å². The Hall–Kier alpha value is -6.04. The predicted octanol–water partition coefficient (Wildman–Crippen LogP) is 5.10. The molecule has 6 N–H and O–H groups in total. The maximum Gasteiger partial charge on any atom is 0.204 e. The predicted molar refractivity (Wildman–Crippen MR) is 156 cm³/mol. The molecule has 226 valence electrons. The number of carbonyl (C=O) groups is 1. The van der Waals surface area contributed by atoms with Crippen molar-refractivity contribution in [1.29, 1.82) is 0 Å². The zero-order valence-electron chi connectivity index (χ0n) is 23.3. The van der Waals surface area contributed by atoms with E-state index in [0.717, 1.165) is 12.1 Å². The molecule has 12 nitrogen and oxygen atoms in total.